The Morgan fingerprint density at radius 2 is 1.71 bits per heavy atom. The lowest BCUT2D eigenvalue weighted by Gasteiger charge is -2.87. The summed E-state index contributed by atoms with van der Waals surface area (Å²) >= 11 is 0. The van der Waals surface area contributed by atoms with Crippen LogP contribution in [0.3, 0.4) is 0 Å². The van der Waals surface area contributed by atoms with Crippen LogP contribution in [0.25, 0.3) is 0 Å². The molecule has 2 bridgehead atoms. The average molecular weight is 710 g/mol. The van der Waals surface area contributed by atoms with Gasteiger partial charge in [0.1, 0.15) is 17.3 Å². The summed E-state index contributed by atoms with van der Waals surface area (Å²) < 4.78 is 79.7. The van der Waals surface area contributed by atoms with E-state index in [2.05, 4.69) is 0 Å². The highest BCUT2D eigenvalue weighted by molar-refractivity contribution is 7.89. The fourth-order valence-electron chi connectivity index (χ4n) is 12.3. The maximum absolute atomic E-state index is 15.0. The number of benzene rings is 1. The lowest BCUT2D eigenvalue weighted by Crippen LogP contribution is -2.99. The van der Waals surface area contributed by atoms with E-state index < -0.39 is 101 Å². The molecule has 0 radical (unpaired) electrons. The number of hydrogen-bond donors (Lipinski definition) is 2. The summed E-state index contributed by atoms with van der Waals surface area (Å²) in [6, 6.07) is 3.53. The summed E-state index contributed by atoms with van der Waals surface area (Å²) in [5.41, 5.74) is -6.79. The van der Waals surface area contributed by atoms with Gasteiger partial charge in [0.2, 0.25) is 15.8 Å². The Morgan fingerprint density at radius 1 is 1.04 bits per heavy atom. The Hall–Kier alpha value is -2.39. The zero-order chi connectivity index (χ0) is 35.5. The van der Waals surface area contributed by atoms with Crippen molar-refractivity contribution in [3.63, 3.8) is 0 Å². The lowest BCUT2D eigenvalue weighted by molar-refractivity contribution is -0.488. The Balaban J connectivity index is 1.06. The van der Waals surface area contributed by atoms with Crippen molar-refractivity contribution < 1.29 is 55.7 Å². The number of halogens is 3. The van der Waals surface area contributed by atoms with E-state index in [9.17, 15) is 46.2 Å². The van der Waals surface area contributed by atoms with Gasteiger partial charge < -0.3 is 19.7 Å². The molecule has 3 aliphatic heterocycles. The summed E-state index contributed by atoms with van der Waals surface area (Å²) in [6.45, 7) is 7.32. The van der Waals surface area contributed by atoms with Crippen LogP contribution in [0.15, 0.2) is 29.2 Å². The van der Waals surface area contributed by atoms with Crippen molar-refractivity contribution in [3.8, 4) is 0 Å². The standard InChI is InChI=1S/C35H42F3NO9S/c1-29(2)13-10-23(40)31-17-47-34(44,26(41)25(29)31)32-22(31)9-8-21-24(32)33(28(32)43,30(21,3)4)48-27(42)18-11-14-39(15-12-18)49(45,46)20-7-5-6-19(16-20)35(36,37)38/h5-7,16,18,21-22,24-26,41,44H,8-15,17H2,1-4H3. The summed E-state index contributed by atoms with van der Waals surface area (Å²) in [7, 11) is -4.28. The minimum absolute atomic E-state index is 0.0315. The smallest absolute Gasteiger partial charge is 0.416 e. The van der Waals surface area contributed by atoms with Crippen LogP contribution in [0.5, 0.6) is 0 Å². The second kappa shape index (κ2) is 9.72. The molecule has 2 N–H and O–H groups in total. The molecule has 5 saturated carbocycles. The number of rotatable bonds is 4. The van der Waals surface area contributed by atoms with Crippen LogP contribution < -0.4 is 0 Å². The highest BCUT2D eigenvalue weighted by atomic mass is 32.2. The number of carbonyl (C=O) groups is 3. The van der Waals surface area contributed by atoms with Crippen LogP contribution >= 0.6 is 0 Å². The first-order valence-electron chi connectivity index (χ1n) is 17.2. The third-order valence-corrected chi connectivity index (χ3v) is 16.4. The largest absolute Gasteiger partial charge is 0.450 e. The van der Waals surface area contributed by atoms with Gasteiger partial charge in [-0.05, 0) is 67.6 Å². The molecule has 5 aliphatic carbocycles. The molecule has 2 spiro atoms. The van der Waals surface area contributed by atoms with Crippen molar-refractivity contribution in [1.29, 1.82) is 0 Å². The average Bonchev–Trinajstić information content (AvgIpc) is 3.05. The highest BCUT2D eigenvalue weighted by Gasteiger charge is 2.99. The molecule has 268 valence electrons. The van der Waals surface area contributed by atoms with Gasteiger partial charge in [-0.3, -0.25) is 14.4 Å². The van der Waals surface area contributed by atoms with Gasteiger partial charge in [-0.1, -0.05) is 33.8 Å². The van der Waals surface area contributed by atoms with Crippen molar-refractivity contribution in [2.24, 2.45) is 51.2 Å². The van der Waals surface area contributed by atoms with Crippen LogP contribution in [0.2, 0.25) is 0 Å². The minimum Gasteiger partial charge on any atom is -0.450 e. The number of carbonyl (C=O) groups excluding carboxylic acids is 3. The minimum atomic E-state index is -4.72. The van der Waals surface area contributed by atoms with Crippen LogP contribution in [0.1, 0.15) is 71.8 Å². The number of ether oxygens (including phenoxy) is 2. The molecular weight excluding hydrogens is 667 g/mol. The number of Topliss-reactive ketones (excluding diaryl/α,β-unsaturated/α-hetero) is 2. The molecule has 3 heterocycles. The molecule has 1 aromatic rings. The van der Waals surface area contributed by atoms with Gasteiger partial charge in [0.25, 0.3) is 0 Å². The van der Waals surface area contributed by atoms with Gasteiger partial charge in [-0.15, -0.1) is 0 Å². The number of fused-ring (bicyclic) bond motifs is 1. The molecule has 0 amide bonds. The number of piperidine rings is 1. The van der Waals surface area contributed by atoms with E-state index in [1.807, 2.05) is 27.7 Å². The zero-order valence-corrected chi connectivity index (χ0v) is 28.7. The number of sulfonamides is 1. The lowest BCUT2D eigenvalue weighted by atomic mass is 9.18. The maximum atomic E-state index is 15.0. The normalized spacial score (nSPS) is 43.8. The first kappa shape index (κ1) is 33.7. The Bertz CT molecular complexity index is 1790. The predicted octanol–water partition coefficient (Wildman–Crippen LogP) is 3.72. The van der Waals surface area contributed by atoms with Gasteiger partial charge >= 0.3 is 12.1 Å². The van der Waals surface area contributed by atoms with Crippen molar-refractivity contribution in [2.45, 2.75) is 94.8 Å². The molecule has 49 heavy (non-hydrogen) atoms. The van der Waals surface area contributed by atoms with E-state index in [-0.39, 0.29) is 50.7 Å². The summed E-state index contributed by atoms with van der Waals surface area (Å²) in [4.78, 5) is 42.3. The van der Waals surface area contributed by atoms with Crippen LogP contribution in [-0.4, -0.2) is 77.7 Å². The molecule has 9 unspecified atom stereocenters. The van der Waals surface area contributed by atoms with Gasteiger partial charge in [0, 0.05) is 36.8 Å². The molecule has 8 fully saturated rings. The number of hydrogen-bond acceptors (Lipinski definition) is 9. The number of nitrogens with zero attached hydrogens (tertiary/aromatic N) is 1. The highest BCUT2D eigenvalue weighted by Crippen LogP contribution is 2.87. The van der Waals surface area contributed by atoms with E-state index in [4.69, 9.17) is 9.47 Å². The number of ketones is 2. The predicted molar refractivity (Wildman–Crippen MR) is 164 cm³/mol. The van der Waals surface area contributed by atoms with Crippen LogP contribution in [0, 0.1) is 51.2 Å². The molecule has 0 aromatic heterocycles. The second-order valence-corrected chi connectivity index (χ2v) is 18.8. The van der Waals surface area contributed by atoms with Crippen molar-refractivity contribution >= 4 is 27.6 Å². The van der Waals surface area contributed by atoms with E-state index in [1.54, 1.807) is 0 Å². The quantitative estimate of drug-likeness (QED) is 0.447. The number of aliphatic hydroxyl groups is 2. The molecule has 9 rings (SSSR count). The van der Waals surface area contributed by atoms with Gasteiger partial charge in [0.05, 0.1) is 28.4 Å². The van der Waals surface area contributed by atoms with Gasteiger partial charge in [-0.2, -0.15) is 17.5 Å². The summed E-state index contributed by atoms with van der Waals surface area (Å²) in [5, 5.41) is 24.3. The third-order valence-electron chi connectivity index (χ3n) is 14.5. The molecule has 8 aliphatic rings. The number of esters is 1. The fraction of sp³-hybridized carbons (Fsp3) is 0.743. The first-order valence-corrected chi connectivity index (χ1v) is 18.6. The molecule has 10 nitrogen and oxygen atoms in total. The zero-order valence-electron chi connectivity index (χ0n) is 27.9. The Morgan fingerprint density at radius 3 is 2.37 bits per heavy atom. The van der Waals surface area contributed by atoms with Crippen molar-refractivity contribution in [3.05, 3.63) is 29.8 Å². The molecule has 14 heteroatoms. The van der Waals surface area contributed by atoms with Crippen LogP contribution in [0.4, 0.5) is 13.2 Å². The Labute approximate surface area is 282 Å². The molecular formula is C35H42F3NO9S. The van der Waals surface area contributed by atoms with Crippen molar-refractivity contribution in [2.75, 3.05) is 19.7 Å². The maximum Gasteiger partial charge on any atom is 0.416 e. The van der Waals surface area contributed by atoms with Crippen LogP contribution in [-0.2, 0) is 40.1 Å². The van der Waals surface area contributed by atoms with E-state index >= 15 is 0 Å². The van der Waals surface area contributed by atoms with Crippen molar-refractivity contribution in [1.82, 2.24) is 4.31 Å². The Kier molecular flexibility index (Phi) is 6.70. The second-order valence-electron chi connectivity index (χ2n) is 16.9. The van der Waals surface area contributed by atoms with Gasteiger partial charge in [0.15, 0.2) is 11.4 Å². The van der Waals surface area contributed by atoms with Gasteiger partial charge in [-0.25, -0.2) is 8.42 Å². The number of aliphatic hydroxyl groups excluding tert-OH is 1. The van der Waals surface area contributed by atoms with E-state index in [0.717, 1.165) is 22.5 Å². The van der Waals surface area contributed by atoms with E-state index in [0.29, 0.717) is 25.3 Å². The third kappa shape index (κ3) is 3.63. The molecule has 1 aromatic carbocycles. The topological polar surface area (TPSA) is 148 Å². The summed E-state index contributed by atoms with van der Waals surface area (Å²) in [6.07, 6.45) is -4.19. The molecule has 9 atom stereocenters. The molecule has 3 saturated heterocycles. The summed E-state index contributed by atoms with van der Waals surface area (Å²) in [5.74, 6) is -6.34. The van der Waals surface area contributed by atoms with E-state index in [1.165, 1.54) is 0 Å². The SMILES string of the molecule is CC1(C)CCC(=O)C23COC(O)(C(O)C12)C12C(=O)C4(OC(=O)C5CCN(S(=O)(=O)c6cccc(C(F)(F)F)c6)CC5)C1C(CCC32)C4(C)C. The monoisotopic (exact) mass is 709 g/mol. The first-order chi connectivity index (χ1) is 22.7. The number of alkyl halides is 3. The fourth-order valence-corrected chi connectivity index (χ4v) is 13.8.